The molecule has 1 aromatic heterocycles. The van der Waals surface area contributed by atoms with Crippen molar-refractivity contribution >= 4 is 0 Å². The SMILES string of the molecule is CCc1ccc(C)o1.CCc1ccc(CC)cc1. The van der Waals surface area contributed by atoms with Crippen molar-refractivity contribution in [1.29, 1.82) is 0 Å². The highest BCUT2D eigenvalue weighted by Crippen LogP contribution is 2.05. The second-order valence-electron chi connectivity index (χ2n) is 4.39. The lowest BCUT2D eigenvalue weighted by Crippen LogP contribution is -1.81. The van der Waals surface area contributed by atoms with E-state index < -0.39 is 0 Å². The van der Waals surface area contributed by atoms with E-state index in [2.05, 4.69) is 45.0 Å². The summed E-state index contributed by atoms with van der Waals surface area (Å²) in [5.74, 6) is 2.07. The van der Waals surface area contributed by atoms with Crippen molar-refractivity contribution in [2.24, 2.45) is 0 Å². The molecule has 1 aromatic carbocycles. The lowest BCUT2D eigenvalue weighted by molar-refractivity contribution is 0.489. The highest BCUT2D eigenvalue weighted by Gasteiger charge is 1.91. The van der Waals surface area contributed by atoms with Crippen LogP contribution in [0.5, 0.6) is 0 Å². The number of benzene rings is 1. The molecule has 1 heteroatoms. The Labute approximate surface area is 111 Å². The Balaban J connectivity index is 0.000000184. The van der Waals surface area contributed by atoms with E-state index in [1.165, 1.54) is 11.1 Å². The third kappa shape index (κ3) is 4.79. The average molecular weight is 244 g/mol. The molecule has 0 aliphatic rings. The van der Waals surface area contributed by atoms with E-state index >= 15 is 0 Å². The Morgan fingerprint density at radius 3 is 1.44 bits per heavy atom. The summed E-state index contributed by atoms with van der Waals surface area (Å²) >= 11 is 0. The maximum atomic E-state index is 5.23. The molecule has 0 fully saturated rings. The van der Waals surface area contributed by atoms with Gasteiger partial charge in [0.25, 0.3) is 0 Å². The van der Waals surface area contributed by atoms with Crippen LogP contribution in [0.15, 0.2) is 40.8 Å². The summed E-state index contributed by atoms with van der Waals surface area (Å²) in [5, 5.41) is 0. The van der Waals surface area contributed by atoms with Gasteiger partial charge >= 0.3 is 0 Å². The molecule has 0 radical (unpaired) electrons. The number of hydrogen-bond acceptors (Lipinski definition) is 1. The minimum absolute atomic E-state index is 0.994. The normalized spacial score (nSPS) is 9.78. The molecule has 1 nitrogen and oxygen atoms in total. The summed E-state index contributed by atoms with van der Waals surface area (Å²) in [5.41, 5.74) is 2.86. The Morgan fingerprint density at radius 2 is 1.22 bits per heavy atom. The first-order chi connectivity index (χ1) is 8.69. The summed E-state index contributed by atoms with van der Waals surface area (Å²) in [6.45, 7) is 8.40. The summed E-state index contributed by atoms with van der Waals surface area (Å²) < 4.78 is 5.23. The van der Waals surface area contributed by atoms with Crippen LogP contribution in [0, 0.1) is 6.92 Å². The van der Waals surface area contributed by atoms with Gasteiger partial charge in [0, 0.05) is 6.42 Å². The second kappa shape index (κ2) is 7.75. The summed E-state index contributed by atoms with van der Waals surface area (Å²) in [6.07, 6.45) is 3.28. The predicted octanol–water partition coefficient (Wildman–Crippen LogP) is 4.96. The summed E-state index contributed by atoms with van der Waals surface area (Å²) in [7, 11) is 0. The van der Waals surface area contributed by atoms with Gasteiger partial charge in [-0.05, 0) is 43.0 Å². The highest BCUT2D eigenvalue weighted by molar-refractivity contribution is 5.22. The van der Waals surface area contributed by atoms with Crippen LogP contribution in [0.3, 0.4) is 0 Å². The van der Waals surface area contributed by atoms with E-state index in [1.807, 2.05) is 19.1 Å². The van der Waals surface area contributed by atoms with Gasteiger partial charge in [0.2, 0.25) is 0 Å². The zero-order valence-electron chi connectivity index (χ0n) is 12.0. The maximum Gasteiger partial charge on any atom is 0.103 e. The van der Waals surface area contributed by atoms with Gasteiger partial charge in [-0.15, -0.1) is 0 Å². The van der Waals surface area contributed by atoms with Gasteiger partial charge in [-0.2, -0.15) is 0 Å². The van der Waals surface area contributed by atoms with E-state index in [9.17, 15) is 0 Å². The van der Waals surface area contributed by atoms with Gasteiger partial charge in [0.05, 0.1) is 0 Å². The highest BCUT2D eigenvalue weighted by atomic mass is 16.3. The summed E-state index contributed by atoms with van der Waals surface area (Å²) in [6, 6.07) is 12.8. The van der Waals surface area contributed by atoms with Gasteiger partial charge < -0.3 is 4.42 Å². The first-order valence-corrected chi connectivity index (χ1v) is 6.82. The first kappa shape index (κ1) is 14.6. The molecule has 0 saturated carbocycles. The van der Waals surface area contributed by atoms with Crippen molar-refractivity contribution in [3.63, 3.8) is 0 Å². The fourth-order valence-electron chi connectivity index (χ4n) is 1.69. The van der Waals surface area contributed by atoms with Crippen LogP contribution in [-0.4, -0.2) is 0 Å². The number of furan rings is 1. The molecule has 0 amide bonds. The minimum Gasteiger partial charge on any atom is -0.466 e. The van der Waals surface area contributed by atoms with Gasteiger partial charge in [-0.1, -0.05) is 45.0 Å². The fourth-order valence-corrected chi connectivity index (χ4v) is 1.69. The Kier molecular flexibility index (Phi) is 6.27. The molecule has 0 N–H and O–H groups in total. The monoisotopic (exact) mass is 244 g/mol. The molecule has 2 rings (SSSR count). The van der Waals surface area contributed by atoms with Gasteiger partial charge in [-0.3, -0.25) is 0 Å². The van der Waals surface area contributed by atoms with Gasteiger partial charge in [0.15, 0.2) is 0 Å². The number of rotatable bonds is 3. The van der Waals surface area contributed by atoms with Crippen molar-refractivity contribution < 1.29 is 4.42 Å². The van der Waals surface area contributed by atoms with Crippen LogP contribution in [0.25, 0.3) is 0 Å². The minimum atomic E-state index is 0.994. The second-order valence-corrected chi connectivity index (χ2v) is 4.39. The topological polar surface area (TPSA) is 13.1 Å². The predicted molar refractivity (Wildman–Crippen MR) is 78.0 cm³/mol. The Hall–Kier alpha value is -1.50. The number of hydrogen-bond donors (Lipinski definition) is 0. The zero-order valence-corrected chi connectivity index (χ0v) is 12.0. The van der Waals surface area contributed by atoms with Crippen LogP contribution in [0.2, 0.25) is 0 Å². The molecule has 0 atom stereocenters. The smallest absolute Gasteiger partial charge is 0.103 e. The molecule has 0 unspecified atom stereocenters. The largest absolute Gasteiger partial charge is 0.466 e. The third-order valence-corrected chi connectivity index (χ3v) is 2.98. The first-order valence-electron chi connectivity index (χ1n) is 6.82. The lowest BCUT2D eigenvalue weighted by Gasteiger charge is -1.97. The van der Waals surface area contributed by atoms with E-state index in [0.717, 1.165) is 30.8 Å². The van der Waals surface area contributed by atoms with Crippen LogP contribution in [0.4, 0.5) is 0 Å². The van der Waals surface area contributed by atoms with Crippen LogP contribution in [-0.2, 0) is 19.3 Å². The van der Waals surface area contributed by atoms with Crippen molar-refractivity contribution in [2.75, 3.05) is 0 Å². The molecular formula is C17H24O. The Morgan fingerprint density at radius 1 is 0.722 bits per heavy atom. The standard InChI is InChI=1S/C10H14.C7H10O/c1-3-9-5-7-10(4-2)8-6-9;1-3-7-5-4-6(2)8-7/h5-8H,3-4H2,1-2H3;4-5H,3H2,1-2H3. The van der Waals surface area contributed by atoms with Crippen LogP contribution < -0.4 is 0 Å². The molecular weight excluding hydrogens is 220 g/mol. The molecule has 0 saturated heterocycles. The average Bonchev–Trinajstić information content (AvgIpc) is 2.85. The third-order valence-electron chi connectivity index (χ3n) is 2.98. The quantitative estimate of drug-likeness (QED) is 0.743. The van der Waals surface area contributed by atoms with Gasteiger partial charge in [-0.25, -0.2) is 0 Å². The van der Waals surface area contributed by atoms with E-state index in [0.29, 0.717) is 0 Å². The molecule has 2 aromatic rings. The van der Waals surface area contributed by atoms with Crippen molar-refractivity contribution in [3.05, 3.63) is 59.0 Å². The van der Waals surface area contributed by atoms with E-state index in [1.54, 1.807) is 0 Å². The molecule has 0 aliphatic heterocycles. The molecule has 98 valence electrons. The molecule has 18 heavy (non-hydrogen) atoms. The molecule has 0 aliphatic carbocycles. The van der Waals surface area contributed by atoms with E-state index in [4.69, 9.17) is 4.42 Å². The molecule has 1 heterocycles. The van der Waals surface area contributed by atoms with E-state index in [-0.39, 0.29) is 0 Å². The maximum absolute atomic E-state index is 5.23. The van der Waals surface area contributed by atoms with Crippen LogP contribution in [0.1, 0.15) is 43.4 Å². The fraction of sp³-hybridized carbons (Fsp3) is 0.412. The van der Waals surface area contributed by atoms with Crippen molar-refractivity contribution in [2.45, 2.75) is 47.0 Å². The lowest BCUT2D eigenvalue weighted by atomic mass is 10.1. The molecule has 0 bridgehead atoms. The molecule has 0 spiro atoms. The van der Waals surface area contributed by atoms with Crippen molar-refractivity contribution in [1.82, 2.24) is 0 Å². The number of aryl methyl sites for hydroxylation is 4. The summed E-state index contributed by atoms with van der Waals surface area (Å²) in [4.78, 5) is 0. The zero-order chi connectivity index (χ0) is 13.4. The van der Waals surface area contributed by atoms with Gasteiger partial charge in [0.1, 0.15) is 11.5 Å². The van der Waals surface area contributed by atoms with Crippen LogP contribution >= 0.6 is 0 Å². The Bertz CT molecular complexity index is 414. The van der Waals surface area contributed by atoms with Crippen molar-refractivity contribution in [3.8, 4) is 0 Å².